The number of aryl methyl sites for hydroxylation is 5. The summed E-state index contributed by atoms with van der Waals surface area (Å²) in [5.74, 6) is -3.78. The molecule has 0 fully saturated rings. The average Bonchev–Trinajstić information content (AvgIpc) is 1.57. The zero-order chi connectivity index (χ0) is 93.6. The number of carbonyl (C=O) groups is 11. The fourth-order valence-electron chi connectivity index (χ4n) is 17.4. The number of amides is 5. The van der Waals surface area contributed by atoms with Gasteiger partial charge in [-0.1, -0.05) is 73.0 Å². The van der Waals surface area contributed by atoms with E-state index in [-0.39, 0.29) is 140 Å². The molecule has 6 aromatic rings. The number of H-pyrrole nitrogens is 2. The summed E-state index contributed by atoms with van der Waals surface area (Å²) in [5, 5.41) is 11.4. The summed E-state index contributed by atoms with van der Waals surface area (Å²) in [4.78, 5) is 198. The molecule has 4 aromatic heterocycles. The second kappa shape index (κ2) is 46.9. The first-order valence-corrected chi connectivity index (χ1v) is 49.1. The predicted octanol–water partition coefficient (Wildman–Crippen LogP) is 10.4. The molecule has 0 radical (unpaired) electrons. The van der Waals surface area contributed by atoms with Gasteiger partial charge in [0.2, 0.25) is 17.7 Å². The molecule has 8 bridgehead atoms. The second-order valence-corrected chi connectivity index (χ2v) is 38.3. The van der Waals surface area contributed by atoms with Crippen LogP contribution in [-0.4, -0.2) is 211 Å². The van der Waals surface area contributed by atoms with E-state index in [1.165, 1.54) is 7.11 Å². The van der Waals surface area contributed by atoms with Gasteiger partial charge in [-0.15, -0.1) is 23.2 Å². The van der Waals surface area contributed by atoms with Crippen LogP contribution in [0.25, 0.3) is 33.8 Å². The fraction of sp³-hybridized carbons (Fsp3) is 0.516. The van der Waals surface area contributed by atoms with Crippen molar-refractivity contribution in [3.63, 3.8) is 0 Å². The number of rotatable bonds is 48. The van der Waals surface area contributed by atoms with Gasteiger partial charge in [0.1, 0.15) is 36.2 Å². The number of carbonyl (C=O) groups excluding carboxylic acids is 11. The van der Waals surface area contributed by atoms with E-state index in [1.54, 1.807) is 32.2 Å². The van der Waals surface area contributed by atoms with Gasteiger partial charge >= 0.3 is 12.1 Å². The molecule has 0 spiro atoms. The smallest absolute Gasteiger partial charge is 0.426 e. The molecule has 698 valence electrons. The van der Waals surface area contributed by atoms with Crippen molar-refractivity contribution in [2.75, 3.05) is 67.3 Å². The van der Waals surface area contributed by atoms with Crippen molar-refractivity contribution in [1.82, 2.24) is 66.6 Å². The first kappa shape index (κ1) is 99.8. The minimum atomic E-state index is -4.47. The number of benzene rings is 2. The summed E-state index contributed by atoms with van der Waals surface area (Å²) in [5.41, 5.74) is 19.2. The zero-order valence-corrected chi connectivity index (χ0v) is 78.5. The molecule has 1 aliphatic carbocycles. The number of esters is 1. The number of anilines is 1. The number of unbranched alkanes of at least 4 members (excludes halogenated alkanes) is 2. The Morgan fingerprint density at radius 1 is 0.800 bits per heavy atom. The van der Waals surface area contributed by atoms with Crippen molar-refractivity contribution in [3.05, 3.63) is 144 Å². The van der Waals surface area contributed by atoms with Gasteiger partial charge in [-0.3, -0.25) is 72.7 Å². The summed E-state index contributed by atoms with van der Waals surface area (Å²) in [6.45, 7) is 14.3. The number of ether oxygens (including phenoxy) is 3. The standard InChI is InChI=1S/C91H114Cl2N16O18S3/c1-10-62-50(2)68-45-74-82(54(6)111)53(5)71(100-74)43-69-51(3)63(84(104-69)83-65(90(120)125-9)42-64-52(4)70(105-85(64)83)44-72(62)99-68)30-29-60(112)16-11-12-17-67(102-80(116)21-15-19-78-101-66-31-28-59(40-75(66)108(78)8)109(35-32-92)36-33-93)88(118)106-107-91(121)126-37-38-128-129-48-61(127-49-110)41-77(114)73(46-81(117)94-34-39-130(122,123)124)103-79(115)20-14-13-18-76(113)57-25-22-56(23-26-57)24-27-58-47-95-87-86(98-58)89(119)97-55(7)96-87/h22-23,25-26,28,31,40,43-44,47,49-51,61-63,65,67,73-74,100,105H,10-21,24,27,29-30,32-39,41-42,45-46,48H2,1-9H3,(H,94,117)(H,102,116)(H,103,115)(H,106,118)(H,107,121)(H,122,123,124)(H,95,96,97,119)/b71-43?,72-44-,84-83-/t50-,51+,61+,62-,63+,65?,67?,73+,74?/m1/s1. The van der Waals surface area contributed by atoms with Crippen molar-refractivity contribution >= 4 is 171 Å². The number of hydrogen-bond donors (Lipinski definition) is 9. The van der Waals surface area contributed by atoms with Crippen LogP contribution >= 0.6 is 44.8 Å². The molecule has 0 saturated heterocycles. The van der Waals surface area contributed by atoms with Gasteiger partial charge in [0, 0.05) is 182 Å². The van der Waals surface area contributed by atoms with E-state index < -0.39 is 101 Å². The number of aromatic nitrogens is 7. The van der Waals surface area contributed by atoms with Gasteiger partial charge < -0.3 is 54.9 Å². The highest BCUT2D eigenvalue weighted by Gasteiger charge is 2.45. The molecule has 11 rings (SSSR count). The molecule has 5 amide bonds. The zero-order valence-electron chi connectivity index (χ0n) is 74.5. The molecule has 9 N–H and O–H groups in total. The molecule has 2 aromatic carbocycles. The number of Topliss-reactive ketones (excluding diaryl/α,β-unsaturated/α-hetero) is 4. The molecular formula is C91H114Cl2N16O18S3. The summed E-state index contributed by atoms with van der Waals surface area (Å²) in [6, 6.07) is 9.94. The lowest BCUT2D eigenvalue weighted by molar-refractivity contribution is -0.143. The predicted molar refractivity (Wildman–Crippen MR) is 498 cm³/mol. The number of hydrogen-bond acceptors (Lipinski definition) is 27. The lowest BCUT2D eigenvalue weighted by atomic mass is 9.82. The third-order valence-electron chi connectivity index (χ3n) is 24.5. The fourth-order valence-corrected chi connectivity index (χ4v) is 20.2. The maximum atomic E-state index is 14.3. The van der Waals surface area contributed by atoms with Gasteiger partial charge in [-0.05, 0) is 145 Å². The van der Waals surface area contributed by atoms with Gasteiger partial charge in [0.15, 0.2) is 28.5 Å². The Labute approximate surface area is 772 Å². The lowest BCUT2D eigenvalue weighted by Gasteiger charge is -2.22. The molecular weight excluding hydrogens is 1770 g/mol. The maximum Gasteiger partial charge on any atom is 0.426 e. The van der Waals surface area contributed by atoms with E-state index >= 15 is 0 Å². The number of hydrazine groups is 1. The van der Waals surface area contributed by atoms with Gasteiger partial charge in [-0.25, -0.2) is 30.2 Å². The summed E-state index contributed by atoms with van der Waals surface area (Å²) in [6.07, 6.45) is 7.77. The van der Waals surface area contributed by atoms with Crippen molar-refractivity contribution in [1.29, 1.82) is 0 Å². The van der Waals surface area contributed by atoms with Crippen LogP contribution < -0.4 is 42.6 Å². The monoisotopic (exact) mass is 1880 g/mol. The topological polar surface area (TPSA) is 475 Å². The first-order valence-electron chi connectivity index (χ1n) is 44.0. The highest BCUT2D eigenvalue weighted by Crippen LogP contribution is 2.50. The minimum absolute atomic E-state index is 0.00124. The van der Waals surface area contributed by atoms with Crippen LogP contribution in [-0.2, 0) is 100 Å². The number of aliphatic imine (C=N–C) groups is 2. The number of methoxy groups -OCH3 is 1. The van der Waals surface area contributed by atoms with Crippen LogP contribution in [0.15, 0.2) is 97.8 Å². The molecule has 130 heavy (non-hydrogen) atoms. The van der Waals surface area contributed by atoms with E-state index in [9.17, 15) is 70.5 Å². The van der Waals surface area contributed by atoms with E-state index in [1.807, 2.05) is 61.9 Å². The number of allylic oxidation sites excluding steroid dienone is 4. The lowest BCUT2D eigenvalue weighted by Crippen LogP contribution is -2.52. The number of aromatic amines is 2. The highest BCUT2D eigenvalue weighted by molar-refractivity contribution is 8.76. The average molecular weight is 1890 g/mol. The van der Waals surface area contributed by atoms with Crippen LogP contribution in [0.5, 0.6) is 0 Å². The molecule has 34 nitrogen and oxygen atoms in total. The SMILES string of the molecule is CC[C@H]1/C2=C/c3[nH]c4c(c3C)CC(C(=O)OC)/C4=C3/N=C(C=C4NC(CC(=N2)[C@@H]1C)C(C(C)=O)=C4C)[C@@H](C)[C@@H]3CCC(=O)CCCCC(NC(=O)CCCc1nc2ccc(N(CCCl)CCCl)cc2n1C)C(=O)NNC(=O)OCCSSC[C@H](CC(=O)[C@H](CC(=O)NCCS(=O)(=O)O)NC(=O)CCCCC(=O)c1ccc(CCc2cnc3nc(C)[nH]c(=O)c3n2)cc1)OC=O. The molecule has 5 aliphatic rings. The largest absolute Gasteiger partial charge is 0.469 e. The Morgan fingerprint density at radius 3 is 2.25 bits per heavy atom. The number of fused-ring (bicyclic) bond motifs is 7. The quantitative estimate of drug-likeness (QED) is 0.00197. The van der Waals surface area contributed by atoms with Crippen LogP contribution in [0.3, 0.4) is 0 Å². The third kappa shape index (κ3) is 26.4. The van der Waals surface area contributed by atoms with E-state index in [0.717, 1.165) is 113 Å². The van der Waals surface area contributed by atoms with Crippen molar-refractivity contribution in [2.45, 2.75) is 201 Å². The first-order chi connectivity index (χ1) is 62.3. The van der Waals surface area contributed by atoms with E-state index in [0.29, 0.717) is 111 Å². The number of imidazole rings is 1. The third-order valence-corrected chi connectivity index (χ3v) is 27.9. The Bertz CT molecular complexity index is 5640. The van der Waals surface area contributed by atoms with Crippen LogP contribution in [0.2, 0.25) is 0 Å². The Kier molecular flexibility index (Phi) is 36.0. The van der Waals surface area contributed by atoms with Gasteiger partial charge in [0.05, 0.1) is 65.9 Å². The molecule has 3 unspecified atom stereocenters. The van der Waals surface area contributed by atoms with E-state index in [4.69, 9.17) is 52.4 Å². The number of halogens is 2. The highest BCUT2D eigenvalue weighted by atomic mass is 35.5. The van der Waals surface area contributed by atoms with Crippen molar-refractivity contribution < 1.29 is 79.9 Å². The van der Waals surface area contributed by atoms with Crippen molar-refractivity contribution in [3.8, 4) is 0 Å². The second-order valence-electron chi connectivity index (χ2n) is 33.3. The summed E-state index contributed by atoms with van der Waals surface area (Å²) in [7, 11) is 1.10. The van der Waals surface area contributed by atoms with E-state index in [2.05, 4.69) is 88.8 Å². The molecule has 0 saturated carbocycles. The Hall–Kier alpha value is -10.7. The Balaban J connectivity index is 0.679. The minimum Gasteiger partial charge on any atom is -0.469 e. The van der Waals surface area contributed by atoms with Crippen LogP contribution in [0.4, 0.5) is 10.5 Å². The van der Waals surface area contributed by atoms with Crippen LogP contribution in [0, 0.1) is 43.4 Å². The molecule has 8 heterocycles. The van der Waals surface area contributed by atoms with Crippen molar-refractivity contribution in [2.24, 2.45) is 46.6 Å². The Morgan fingerprint density at radius 2 is 1.53 bits per heavy atom. The van der Waals surface area contributed by atoms with Gasteiger partial charge in [0.25, 0.3) is 28.1 Å². The number of nitrogens with zero attached hydrogens (tertiary/aromatic N) is 8. The van der Waals surface area contributed by atoms with Gasteiger partial charge in [-0.2, -0.15) is 8.42 Å². The molecule has 9 atom stereocenters. The number of nitrogens with one attached hydrogen (secondary N) is 8. The molecule has 39 heteroatoms. The van der Waals surface area contributed by atoms with Crippen LogP contribution in [0.1, 0.15) is 193 Å². The summed E-state index contributed by atoms with van der Waals surface area (Å²) >= 11 is 12.3. The number of alkyl halides is 2. The molecule has 4 aliphatic heterocycles. The maximum absolute atomic E-state index is 14.3. The number of ketones is 4. The normalized spacial score (nSPS) is 19.1. The summed E-state index contributed by atoms with van der Waals surface area (Å²) < 4.78 is 50.0.